The highest BCUT2D eigenvalue weighted by Gasteiger charge is 2.10. The monoisotopic (exact) mass is 290 g/mol. The zero-order valence-electron chi connectivity index (χ0n) is 12.0. The maximum atomic E-state index is 12.4. The SMILES string of the molecule is CC(=O)c1ccc(NC(=O)c2cccc3ncccc23)cc1. The molecule has 1 amide bonds. The van der Waals surface area contributed by atoms with Gasteiger partial charge < -0.3 is 5.32 Å². The van der Waals surface area contributed by atoms with E-state index in [0.717, 1.165) is 10.9 Å². The van der Waals surface area contributed by atoms with Crippen molar-refractivity contribution in [2.75, 3.05) is 5.32 Å². The van der Waals surface area contributed by atoms with Gasteiger partial charge in [-0.3, -0.25) is 14.6 Å². The molecule has 4 heteroatoms. The third kappa shape index (κ3) is 2.72. The number of nitrogens with zero attached hydrogens (tertiary/aromatic N) is 1. The largest absolute Gasteiger partial charge is 0.322 e. The third-order valence-electron chi connectivity index (χ3n) is 3.44. The first-order chi connectivity index (χ1) is 10.6. The number of carbonyl (C=O) groups excluding carboxylic acids is 2. The van der Waals surface area contributed by atoms with E-state index in [-0.39, 0.29) is 11.7 Å². The number of pyridine rings is 1. The normalized spacial score (nSPS) is 10.4. The molecule has 0 saturated carbocycles. The summed E-state index contributed by atoms with van der Waals surface area (Å²) in [6.45, 7) is 1.51. The minimum atomic E-state index is -0.200. The van der Waals surface area contributed by atoms with Gasteiger partial charge in [0.15, 0.2) is 5.78 Å². The van der Waals surface area contributed by atoms with Crippen LogP contribution in [0, 0.1) is 0 Å². The second-order valence-electron chi connectivity index (χ2n) is 4.96. The van der Waals surface area contributed by atoms with Crippen molar-refractivity contribution >= 4 is 28.3 Å². The fraction of sp³-hybridized carbons (Fsp3) is 0.0556. The first-order valence-corrected chi connectivity index (χ1v) is 6.91. The number of hydrogen-bond donors (Lipinski definition) is 1. The van der Waals surface area contributed by atoms with E-state index in [2.05, 4.69) is 10.3 Å². The van der Waals surface area contributed by atoms with E-state index in [1.54, 1.807) is 42.6 Å². The van der Waals surface area contributed by atoms with Crippen LogP contribution in [-0.2, 0) is 0 Å². The van der Waals surface area contributed by atoms with Crippen LogP contribution in [0.2, 0.25) is 0 Å². The third-order valence-corrected chi connectivity index (χ3v) is 3.44. The average molecular weight is 290 g/mol. The molecule has 0 atom stereocenters. The van der Waals surface area contributed by atoms with E-state index in [1.165, 1.54) is 6.92 Å². The number of nitrogens with one attached hydrogen (secondary N) is 1. The van der Waals surface area contributed by atoms with Crippen LogP contribution in [0.1, 0.15) is 27.6 Å². The van der Waals surface area contributed by atoms with E-state index >= 15 is 0 Å². The lowest BCUT2D eigenvalue weighted by molar-refractivity contribution is 0.101. The van der Waals surface area contributed by atoms with Crippen molar-refractivity contribution in [3.05, 3.63) is 71.9 Å². The summed E-state index contributed by atoms with van der Waals surface area (Å²) in [4.78, 5) is 27.9. The summed E-state index contributed by atoms with van der Waals surface area (Å²) in [5.41, 5.74) is 2.62. The fourth-order valence-electron chi connectivity index (χ4n) is 2.29. The summed E-state index contributed by atoms with van der Waals surface area (Å²) >= 11 is 0. The molecule has 1 heterocycles. The lowest BCUT2D eigenvalue weighted by Gasteiger charge is -2.08. The maximum absolute atomic E-state index is 12.4. The zero-order chi connectivity index (χ0) is 15.5. The quantitative estimate of drug-likeness (QED) is 0.748. The molecule has 1 N–H and O–H groups in total. The van der Waals surface area contributed by atoms with E-state index in [4.69, 9.17) is 0 Å². The van der Waals surface area contributed by atoms with Crippen molar-refractivity contribution in [3.8, 4) is 0 Å². The van der Waals surface area contributed by atoms with Crippen molar-refractivity contribution in [3.63, 3.8) is 0 Å². The number of Topliss-reactive ketones (excluding diaryl/α,β-unsaturated/α-hetero) is 1. The topological polar surface area (TPSA) is 59.1 Å². The second kappa shape index (κ2) is 5.77. The van der Waals surface area contributed by atoms with Gasteiger partial charge in [0, 0.05) is 28.4 Å². The molecule has 0 radical (unpaired) electrons. The standard InChI is InChI=1S/C18H14N2O2/c1-12(21)13-7-9-14(10-8-13)20-18(22)16-4-2-6-17-15(16)5-3-11-19-17/h2-11H,1H3,(H,20,22). The summed E-state index contributed by atoms with van der Waals surface area (Å²) in [5.74, 6) is -0.202. The van der Waals surface area contributed by atoms with Crippen LogP contribution in [-0.4, -0.2) is 16.7 Å². The van der Waals surface area contributed by atoms with Crippen molar-refractivity contribution in [1.29, 1.82) is 0 Å². The number of rotatable bonds is 3. The number of fused-ring (bicyclic) bond motifs is 1. The highest BCUT2D eigenvalue weighted by Crippen LogP contribution is 2.18. The maximum Gasteiger partial charge on any atom is 0.256 e. The number of amides is 1. The van der Waals surface area contributed by atoms with Gasteiger partial charge in [0.05, 0.1) is 5.52 Å². The van der Waals surface area contributed by atoms with E-state index < -0.39 is 0 Å². The number of anilines is 1. The Balaban J connectivity index is 1.89. The number of ketones is 1. The van der Waals surface area contributed by atoms with Crippen molar-refractivity contribution in [2.45, 2.75) is 6.92 Å². The van der Waals surface area contributed by atoms with E-state index in [9.17, 15) is 9.59 Å². The van der Waals surface area contributed by atoms with Crippen LogP contribution >= 0.6 is 0 Å². The van der Waals surface area contributed by atoms with Gasteiger partial charge in [-0.1, -0.05) is 12.1 Å². The van der Waals surface area contributed by atoms with Crippen molar-refractivity contribution < 1.29 is 9.59 Å². The highest BCUT2D eigenvalue weighted by molar-refractivity contribution is 6.12. The Kier molecular flexibility index (Phi) is 3.66. The molecule has 0 bridgehead atoms. The lowest BCUT2D eigenvalue weighted by Crippen LogP contribution is -2.12. The van der Waals surface area contributed by atoms with Gasteiger partial charge in [-0.25, -0.2) is 0 Å². The second-order valence-corrected chi connectivity index (χ2v) is 4.96. The molecule has 0 aliphatic heterocycles. The first kappa shape index (κ1) is 13.9. The molecule has 108 valence electrons. The summed E-state index contributed by atoms with van der Waals surface area (Å²) in [6, 6.07) is 16.0. The van der Waals surface area contributed by atoms with Gasteiger partial charge in [-0.05, 0) is 49.4 Å². The molecule has 22 heavy (non-hydrogen) atoms. The van der Waals surface area contributed by atoms with Crippen LogP contribution < -0.4 is 5.32 Å². The molecule has 2 aromatic carbocycles. The van der Waals surface area contributed by atoms with Crippen LogP contribution in [0.15, 0.2) is 60.8 Å². The van der Waals surface area contributed by atoms with Gasteiger partial charge in [0.2, 0.25) is 0 Å². The molecule has 0 spiro atoms. The molecule has 3 rings (SSSR count). The molecule has 0 aliphatic rings. The smallest absolute Gasteiger partial charge is 0.256 e. The fourth-order valence-corrected chi connectivity index (χ4v) is 2.29. The van der Waals surface area contributed by atoms with Gasteiger partial charge >= 0.3 is 0 Å². The van der Waals surface area contributed by atoms with Crippen LogP contribution in [0.3, 0.4) is 0 Å². The molecule has 3 aromatic rings. The summed E-state index contributed by atoms with van der Waals surface area (Å²) in [7, 11) is 0. The zero-order valence-corrected chi connectivity index (χ0v) is 12.0. The molecule has 0 fully saturated rings. The molecule has 0 saturated heterocycles. The van der Waals surface area contributed by atoms with Gasteiger partial charge in [-0.2, -0.15) is 0 Å². The first-order valence-electron chi connectivity index (χ1n) is 6.91. The molecule has 0 unspecified atom stereocenters. The van der Waals surface area contributed by atoms with Gasteiger partial charge in [0.25, 0.3) is 5.91 Å². The Bertz CT molecular complexity index is 849. The Morgan fingerprint density at radius 1 is 0.955 bits per heavy atom. The van der Waals surface area contributed by atoms with Crippen molar-refractivity contribution in [2.24, 2.45) is 0 Å². The minimum absolute atomic E-state index is 0.00185. The van der Waals surface area contributed by atoms with E-state index in [1.807, 2.05) is 18.2 Å². The van der Waals surface area contributed by atoms with Crippen LogP contribution in [0.25, 0.3) is 10.9 Å². The Hall–Kier alpha value is -3.01. The molecular formula is C18H14N2O2. The predicted molar refractivity (Wildman–Crippen MR) is 86.1 cm³/mol. The Morgan fingerprint density at radius 2 is 1.73 bits per heavy atom. The van der Waals surface area contributed by atoms with Gasteiger partial charge in [0.1, 0.15) is 0 Å². The molecule has 1 aromatic heterocycles. The molecule has 4 nitrogen and oxygen atoms in total. The Labute approximate surface area is 127 Å². The lowest BCUT2D eigenvalue weighted by atomic mass is 10.1. The van der Waals surface area contributed by atoms with Crippen LogP contribution in [0.5, 0.6) is 0 Å². The summed E-state index contributed by atoms with van der Waals surface area (Å²) in [6.07, 6.45) is 1.70. The summed E-state index contributed by atoms with van der Waals surface area (Å²) in [5, 5.41) is 3.65. The Morgan fingerprint density at radius 3 is 2.45 bits per heavy atom. The molecular weight excluding hydrogens is 276 g/mol. The number of hydrogen-bond acceptors (Lipinski definition) is 3. The predicted octanol–water partition coefficient (Wildman–Crippen LogP) is 3.69. The van der Waals surface area contributed by atoms with Gasteiger partial charge in [-0.15, -0.1) is 0 Å². The molecule has 0 aliphatic carbocycles. The number of carbonyl (C=O) groups is 2. The minimum Gasteiger partial charge on any atom is -0.322 e. The van der Waals surface area contributed by atoms with E-state index in [0.29, 0.717) is 16.8 Å². The average Bonchev–Trinajstić information content (AvgIpc) is 2.54. The number of benzene rings is 2. The summed E-state index contributed by atoms with van der Waals surface area (Å²) < 4.78 is 0. The number of aromatic nitrogens is 1. The van der Waals surface area contributed by atoms with Crippen LogP contribution in [0.4, 0.5) is 5.69 Å². The van der Waals surface area contributed by atoms with Crippen molar-refractivity contribution in [1.82, 2.24) is 4.98 Å². The highest BCUT2D eigenvalue weighted by atomic mass is 16.1.